The summed E-state index contributed by atoms with van der Waals surface area (Å²) in [6.45, 7) is 4.71. The van der Waals surface area contributed by atoms with Crippen molar-refractivity contribution in [3.8, 4) is 27.9 Å². The van der Waals surface area contributed by atoms with Crippen LogP contribution in [0.4, 0.5) is 0 Å². The number of para-hydroxylation sites is 3. The van der Waals surface area contributed by atoms with Gasteiger partial charge in [-0.25, -0.2) is 0 Å². The van der Waals surface area contributed by atoms with Gasteiger partial charge in [0.2, 0.25) is 0 Å². The minimum atomic E-state index is -0.179. The Balaban J connectivity index is 1.13. The fourth-order valence-electron chi connectivity index (χ4n) is 9.02. The van der Waals surface area contributed by atoms with E-state index in [1.807, 2.05) is 22.6 Å². The number of rotatable bonds is 2. The fourth-order valence-corrected chi connectivity index (χ4v) is 9.02. The molecule has 3 aromatic heterocycles. The Hall–Kier alpha value is -6.19. The molecule has 7 aromatic carbocycles. The van der Waals surface area contributed by atoms with Crippen molar-refractivity contribution in [3.05, 3.63) is 167 Å². The Morgan fingerprint density at radius 1 is 0.469 bits per heavy atom. The Morgan fingerprint density at radius 2 is 1.06 bits per heavy atom. The van der Waals surface area contributed by atoms with Crippen LogP contribution < -0.4 is 5.56 Å². The van der Waals surface area contributed by atoms with Crippen LogP contribution in [0.2, 0.25) is 0 Å². The molecular formula is C46H30N2O. The molecule has 11 rings (SSSR count). The number of benzene rings is 7. The van der Waals surface area contributed by atoms with E-state index in [4.69, 9.17) is 0 Å². The van der Waals surface area contributed by atoms with Gasteiger partial charge in [-0.1, -0.05) is 117 Å². The highest BCUT2D eigenvalue weighted by Gasteiger charge is 2.37. The fraction of sp³-hybridized carbons (Fsp3) is 0.0652. The summed E-state index contributed by atoms with van der Waals surface area (Å²) in [5.41, 5.74) is 13.1. The average molecular weight is 627 g/mol. The molecule has 0 radical (unpaired) electrons. The highest BCUT2D eigenvalue weighted by atomic mass is 16.1. The largest absolute Gasteiger partial charge is 0.309 e. The third-order valence-electron chi connectivity index (χ3n) is 11.3. The normalized spacial score (nSPS) is 13.8. The molecular weight excluding hydrogens is 597 g/mol. The summed E-state index contributed by atoms with van der Waals surface area (Å²) in [6.07, 6.45) is 0. The van der Waals surface area contributed by atoms with Crippen LogP contribution in [0.1, 0.15) is 25.0 Å². The summed E-state index contributed by atoms with van der Waals surface area (Å²) in [7, 11) is 0. The minimum Gasteiger partial charge on any atom is -0.309 e. The van der Waals surface area contributed by atoms with Gasteiger partial charge in [-0.15, -0.1) is 0 Å². The van der Waals surface area contributed by atoms with E-state index in [9.17, 15) is 4.79 Å². The molecule has 0 amide bonds. The Morgan fingerprint density at radius 3 is 1.82 bits per heavy atom. The molecule has 0 bridgehead atoms. The summed E-state index contributed by atoms with van der Waals surface area (Å²) in [5.74, 6) is 0. The lowest BCUT2D eigenvalue weighted by Gasteiger charge is -2.22. The van der Waals surface area contributed by atoms with Crippen molar-refractivity contribution in [1.29, 1.82) is 0 Å². The maximum atomic E-state index is 13.9. The zero-order chi connectivity index (χ0) is 32.6. The van der Waals surface area contributed by atoms with E-state index in [0.717, 1.165) is 43.5 Å². The maximum absolute atomic E-state index is 13.9. The first-order chi connectivity index (χ1) is 24.0. The molecule has 0 N–H and O–H groups in total. The summed E-state index contributed by atoms with van der Waals surface area (Å²) in [5, 5.41) is 7.64. The molecule has 3 heteroatoms. The maximum Gasteiger partial charge on any atom is 0.263 e. The van der Waals surface area contributed by atoms with Gasteiger partial charge in [-0.05, 0) is 75.7 Å². The molecule has 230 valence electrons. The van der Waals surface area contributed by atoms with Gasteiger partial charge in [0.1, 0.15) is 0 Å². The van der Waals surface area contributed by atoms with E-state index < -0.39 is 0 Å². The monoisotopic (exact) mass is 626 g/mol. The Bertz CT molecular complexity index is 3050. The quantitative estimate of drug-likeness (QED) is 0.175. The van der Waals surface area contributed by atoms with Crippen molar-refractivity contribution in [2.24, 2.45) is 0 Å². The minimum absolute atomic E-state index is 0.0400. The summed E-state index contributed by atoms with van der Waals surface area (Å²) >= 11 is 0. The first-order valence-electron chi connectivity index (χ1n) is 17.0. The van der Waals surface area contributed by atoms with Gasteiger partial charge in [0.15, 0.2) is 0 Å². The van der Waals surface area contributed by atoms with Crippen LogP contribution >= 0.6 is 0 Å². The van der Waals surface area contributed by atoms with Crippen LogP contribution in [0.15, 0.2) is 150 Å². The van der Waals surface area contributed by atoms with E-state index in [0.29, 0.717) is 0 Å². The molecule has 10 aromatic rings. The van der Waals surface area contributed by atoms with Gasteiger partial charge in [0.05, 0.1) is 27.8 Å². The predicted octanol–water partition coefficient (Wildman–Crippen LogP) is 11.3. The van der Waals surface area contributed by atoms with Crippen molar-refractivity contribution < 1.29 is 0 Å². The molecule has 3 heterocycles. The summed E-state index contributed by atoms with van der Waals surface area (Å²) in [4.78, 5) is 13.9. The highest BCUT2D eigenvalue weighted by molar-refractivity contribution is 6.20. The molecule has 0 saturated heterocycles. The molecule has 49 heavy (non-hydrogen) atoms. The second-order valence-electron chi connectivity index (χ2n) is 14.1. The van der Waals surface area contributed by atoms with Crippen LogP contribution in [-0.2, 0) is 5.41 Å². The first kappa shape index (κ1) is 26.8. The second kappa shape index (κ2) is 9.24. The van der Waals surface area contributed by atoms with Gasteiger partial charge in [0, 0.05) is 43.3 Å². The van der Waals surface area contributed by atoms with Crippen molar-refractivity contribution in [1.82, 2.24) is 8.97 Å². The van der Waals surface area contributed by atoms with Gasteiger partial charge < -0.3 is 4.57 Å². The number of hydrogen-bond donors (Lipinski definition) is 0. The third kappa shape index (κ3) is 3.34. The molecule has 0 aliphatic heterocycles. The molecule has 1 aliphatic rings. The number of fused-ring (bicyclic) bond motifs is 11. The van der Waals surface area contributed by atoms with E-state index in [1.54, 1.807) is 0 Å². The molecule has 0 fully saturated rings. The lowest BCUT2D eigenvalue weighted by molar-refractivity contribution is 0.660. The SMILES string of the molecule is CC1(C)c2cc(-c3ccc4c(c3)c3cccc5c6ccccc6c(=O)n4c53)ccc2-c2c(-n3c4ccccc4c4ccccc43)cccc21. The zero-order valence-corrected chi connectivity index (χ0v) is 27.2. The van der Waals surface area contributed by atoms with Crippen LogP contribution in [0.5, 0.6) is 0 Å². The lowest BCUT2D eigenvalue weighted by atomic mass is 9.81. The standard InChI is InChI=1S/C46H30N2O/c1-46(2)37-17-10-20-42(47-39-18-7-5-12-30(39)31-13-6-8-19-40(31)47)43(37)35-23-21-28(26-38(35)46)27-22-24-41-36(25-27)33-16-9-15-32-29-11-3-4-14-34(29)45(49)48(41)44(32)33/h3-26H,1-2H3. The number of hydrogen-bond acceptors (Lipinski definition) is 1. The summed E-state index contributed by atoms with van der Waals surface area (Å²) in [6, 6.07) is 52.3. The zero-order valence-electron chi connectivity index (χ0n) is 27.2. The molecule has 0 spiro atoms. The number of pyridine rings is 1. The van der Waals surface area contributed by atoms with Crippen LogP contribution in [0.3, 0.4) is 0 Å². The van der Waals surface area contributed by atoms with Crippen molar-refractivity contribution >= 4 is 59.8 Å². The van der Waals surface area contributed by atoms with E-state index in [-0.39, 0.29) is 11.0 Å². The van der Waals surface area contributed by atoms with Gasteiger partial charge in [-0.3, -0.25) is 9.20 Å². The van der Waals surface area contributed by atoms with E-state index >= 15 is 0 Å². The van der Waals surface area contributed by atoms with Crippen molar-refractivity contribution in [2.75, 3.05) is 0 Å². The van der Waals surface area contributed by atoms with E-state index in [2.05, 4.69) is 146 Å². The lowest BCUT2D eigenvalue weighted by Crippen LogP contribution is -2.15. The Labute approximate surface area is 282 Å². The smallest absolute Gasteiger partial charge is 0.263 e. The van der Waals surface area contributed by atoms with Gasteiger partial charge in [-0.2, -0.15) is 0 Å². The average Bonchev–Trinajstić information content (AvgIpc) is 3.74. The molecule has 0 unspecified atom stereocenters. The molecule has 1 aliphatic carbocycles. The van der Waals surface area contributed by atoms with Gasteiger partial charge >= 0.3 is 0 Å². The van der Waals surface area contributed by atoms with Crippen molar-refractivity contribution in [2.45, 2.75) is 19.3 Å². The predicted molar refractivity (Wildman–Crippen MR) is 205 cm³/mol. The van der Waals surface area contributed by atoms with Crippen LogP contribution in [-0.4, -0.2) is 8.97 Å². The van der Waals surface area contributed by atoms with E-state index in [1.165, 1.54) is 55.3 Å². The highest BCUT2D eigenvalue weighted by Crippen LogP contribution is 2.52. The summed E-state index contributed by atoms with van der Waals surface area (Å²) < 4.78 is 4.37. The van der Waals surface area contributed by atoms with Crippen LogP contribution in [0, 0.1) is 0 Å². The Kier molecular flexibility index (Phi) is 5.06. The van der Waals surface area contributed by atoms with Gasteiger partial charge in [0.25, 0.3) is 5.56 Å². The second-order valence-corrected chi connectivity index (χ2v) is 14.1. The molecule has 0 saturated carbocycles. The number of nitrogens with zero attached hydrogens (tertiary/aromatic N) is 2. The number of aromatic nitrogens is 2. The molecule has 0 atom stereocenters. The third-order valence-corrected chi connectivity index (χ3v) is 11.3. The topological polar surface area (TPSA) is 26.4 Å². The van der Waals surface area contributed by atoms with Crippen LogP contribution in [0.25, 0.3) is 87.7 Å². The van der Waals surface area contributed by atoms with Crippen molar-refractivity contribution in [3.63, 3.8) is 0 Å². The molecule has 3 nitrogen and oxygen atoms in total. The first-order valence-corrected chi connectivity index (χ1v) is 17.0.